The molecule has 2 saturated carbocycles. The minimum absolute atomic E-state index is 0.0983. The Balaban J connectivity index is 0.000000925. The number of nitrogens with zero attached hydrogens (tertiary/aromatic N) is 5. The van der Waals surface area contributed by atoms with Crippen molar-refractivity contribution in [3.05, 3.63) is 82.2 Å². The number of aromatic nitrogens is 1. The van der Waals surface area contributed by atoms with E-state index < -0.39 is 0 Å². The number of piperazine rings is 1. The highest BCUT2D eigenvalue weighted by atomic mass is 16.1. The third-order valence-corrected chi connectivity index (χ3v) is 11.7. The van der Waals surface area contributed by atoms with Crippen molar-refractivity contribution in [1.82, 2.24) is 9.88 Å². The lowest BCUT2D eigenvalue weighted by Gasteiger charge is -2.48. The van der Waals surface area contributed by atoms with E-state index in [1.165, 1.54) is 36.2 Å². The zero-order valence-electron chi connectivity index (χ0n) is 33.6. The van der Waals surface area contributed by atoms with Crippen LogP contribution in [0.1, 0.15) is 138 Å². The van der Waals surface area contributed by atoms with E-state index in [0.29, 0.717) is 17.9 Å². The van der Waals surface area contributed by atoms with E-state index in [-0.39, 0.29) is 5.41 Å². The number of hydrogen-bond donors (Lipinski definition) is 0. The number of pyridine rings is 1. The number of carbonyl (C=O) groups excluding carboxylic acids is 1. The van der Waals surface area contributed by atoms with Crippen LogP contribution < -0.4 is 9.80 Å². The molecular formula is C45H67N5O. The first kappa shape index (κ1) is 40.3. The maximum absolute atomic E-state index is 11.9. The predicted octanol–water partition coefficient (Wildman–Crippen LogP) is 10.5. The monoisotopic (exact) mass is 694 g/mol. The van der Waals surface area contributed by atoms with E-state index in [4.69, 9.17) is 4.98 Å². The maximum Gasteiger partial charge on any atom is 0.150 e. The van der Waals surface area contributed by atoms with Crippen LogP contribution in [0.3, 0.4) is 0 Å². The number of aliphatic imine (C=N–C) groups is 1. The quantitative estimate of drug-likeness (QED) is 0.140. The molecule has 6 nitrogen and oxygen atoms in total. The second-order valence-corrected chi connectivity index (χ2v) is 14.2. The van der Waals surface area contributed by atoms with Crippen molar-refractivity contribution in [2.24, 2.45) is 10.9 Å². The van der Waals surface area contributed by atoms with Crippen molar-refractivity contribution in [2.45, 2.75) is 125 Å². The summed E-state index contributed by atoms with van der Waals surface area (Å²) in [7, 11) is 0. The molecule has 0 amide bonds. The van der Waals surface area contributed by atoms with Gasteiger partial charge in [-0.1, -0.05) is 80.5 Å². The molecule has 4 aliphatic rings. The Morgan fingerprint density at radius 3 is 2.37 bits per heavy atom. The van der Waals surface area contributed by atoms with Gasteiger partial charge < -0.3 is 9.80 Å². The Morgan fingerprint density at radius 2 is 1.76 bits per heavy atom. The number of carbonyl (C=O) groups is 1. The van der Waals surface area contributed by atoms with Gasteiger partial charge in [0.2, 0.25) is 0 Å². The van der Waals surface area contributed by atoms with E-state index in [9.17, 15) is 4.79 Å². The zero-order chi connectivity index (χ0) is 37.3. The standard InChI is InChI=1S/C39H49N5O.3C2H6/c1-6-29-19-28(25-45)20-35(38(29)40-5)43(23-27-12-13-27)17-15-42-16-18-44(24-30(42)7-2)34-10-8-9-31-32-21-33(37(31)34)39(32,4)36-14-11-26(3)22-41-36;3*1-2/h8-11,14,19-20,22,25,27,30,32-33H,5-7,12-13,15-18,21,23-24H2,1-4H3;3*1-2H3. The lowest BCUT2D eigenvalue weighted by molar-refractivity contribution is 0.112. The number of anilines is 2. The summed E-state index contributed by atoms with van der Waals surface area (Å²) in [5, 5.41) is 0. The van der Waals surface area contributed by atoms with Gasteiger partial charge in [0.1, 0.15) is 6.29 Å². The highest BCUT2D eigenvalue weighted by molar-refractivity contribution is 5.84. The summed E-state index contributed by atoms with van der Waals surface area (Å²) in [5.41, 5.74) is 11.1. The number of rotatable bonds is 12. The molecule has 7 rings (SSSR count). The Morgan fingerprint density at radius 1 is 1.02 bits per heavy atom. The third-order valence-electron chi connectivity index (χ3n) is 11.7. The van der Waals surface area contributed by atoms with Gasteiger partial charge in [-0.25, -0.2) is 0 Å². The van der Waals surface area contributed by atoms with Crippen LogP contribution in [0.4, 0.5) is 17.1 Å². The van der Waals surface area contributed by atoms with Crippen molar-refractivity contribution in [3.63, 3.8) is 0 Å². The van der Waals surface area contributed by atoms with Crippen LogP contribution in [-0.4, -0.2) is 68.2 Å². The van der Waals surface area contributed by atoms with Crippen LogP contribution in [-0.2, 0) is 11.8 Å². The molecule has 1 aromatic heterocycles. The molecule has 2 heterocycles. The van der Waals surface area contributed by atoms with Crippen LogP contribution >= 0.6 is 0 Å². The summed E-state index contributed by atoms with van der Waals surface area (Å²) in [6.07, 6.45) is 8.81. The van der Waals surface area contributed by atoms with Crippen molar-refractivity contribution in [1.29, 1.82) is 0 Å². The Bertz CT molecular complexity index is 1580. The molecule has 4 atom stereocenters. The molecule has 278 valence electrons. The topological polar surface area (TPSA) is 52.0 Å². The third kappa shape index (κ3) is 7.96. The van der Waals surface area contributed by atoms with Crippen molar-refractivity contribution < 1.29 is 4.79 Å². The van der Waals surface area contributed by atoms with Crippen molar-refractivity contribution >= 4 is 30.1 Å². The molecule has 3 fully saturated rings. The summed E-state index contributed by atoms with van der Waals surface area (Å²) in [5.74, 6) is 1.84. The fourth-order valence-electron chi connectivity index (χ4n) is 8.78. The largest absolute Gasteiger partial charge is 0.368 e. The Labute approximate surface area is 310 Å². The Hall–Kier alpha value is -3.51. The smallest absolute Gasteiger partial charge is 0.150 e. The minimum Gasteiger partial charge on any atom is -0.368 e. The van der Waals surface area contributed by atoms with Gasteiger partial charge in [-0.05, 0) is 110 Å². The second kappa shape index (κ2) is 18.3. The highest BCUT2D eigenvalue weighted by Crippen LogP contribution is 2.70. The molecule has 0 N–H and O–H groups in total. The Kier molecular flexibility index (Phi) is 14.5. The molecular weight excluding hydrogens is 627 g/mol. The summed E-state index contributed by atoms with van der Waals surface area (Å²) >= 11 is 0. The van der Waals surface area contributed by atoms with Crippen molar-refractivity contribution in [3.8, 4) is 0 Å². The molecule has 3 aliphatic carbocycles. The first-order chi connectivity index (χ1) is 24.9. The van der Waals surface area contributed by atoms with E-state index in [2.05, 4.69) is 84.4 Å². The lowest BCUT2D eigenvalue weighted by Crippen LogP contribution is -2.55. The van der Waals surface area contributed by atoms with Crippen LogP contribution in [0.25, 0.3) is 0 Å². The zero-order valence-corrected chi connectivity index (χ0v) is 33.6. The first-order valence-corrected chi connectivity index (χ1v) is 20.3. The highest BCUT2D eigenvalue weighted by Gasteiger charge is 2.61. The molecule has 2 aromatic carbocycles. The van der Waals surface area contributed by atoms with Crippen LogP contribution in [0.5, 0.6) is 0 Å². The molecule has 1 aliphatic heterocycles. The number of aldehydes is 1. The fraction of sp³-hybridized carbons (Fsp3) is 0.578. The van der Waals surface area contributed by atoms with Gasteiger partial charge in [-0.2, -0.15) is 0 Å². The maximum atomic E-state index is 11.9. The normalized spacial score (nSPS) is 22.9. The van der Waals surface area contributed by atoms with E-state index in [1.807, 2.05) is 59.9 Å². The second-order valence-electron chi connectivity index (χ2n) is 14.2. The number of hydrogen-bond acceptors (Lipinski definition) is 6. The number of benzene rings is 2. The molecule has 4 unspecified atom stereocenters. The van der Waals surface area contributed by atoms with Gasteiger partial charge in [-0.3, -0.25) is 19.7 Å². The first-order valence-electron chi connectivity index (χ1n) is 20.3. The average Bonchev–Trinajstić information content (AvgIpc) is 3.86. The van der Waals surface area contributed by atoms with Gasteiger partial charge in [0.25, 0.3) is 0 Å². The molecule has 0 radical (unpaired) electrons. The van der Waals surface area contributed by atoms with Gasteiger partial charge >= 0.3 is 0 Å². The van der Waals surface area contributed by atoms with Gasteiger partial charge in [0.05, 0.1) is 11.4 Å². The molecule has 51 heavy (non-hydrogen) atoms. The average molecular weight is 694 g/mol. The SMILES string of the molecule is C=Nc1c(CC)cc(C=O)cc1N(CCN1CCN(c2cccc3c2C2CC3C2(C)c2ccc(C)cn2)CC1CC)CC1CC1.CC.CC.CC. The van der Waals surface area contributed by atoms with Crippen LogP contribution in [0, 0.1) is 12.8 Å². The summed E-state index contributed by atoms with van der Waals surface area (Å²) in [4.78, 5) is 29.2. The molecule has 2 bridgehead atoms. The van der Waals surface area contributed by atoms with Gasteiger partial charge in [0, 0.05) is 73.9 Å². The fourth-order valence-corrected chi connectivity index (χ4v) is 8.78. The number of fused-ring (bicyclic) bond motifs is 5. The van der Waals surface area contributed by atoms with Gasteiger partial charge in [0.15, 0.2) is 0 Å². The summed E-state index contributed by atoms with van der Waals surface area (Å²) in [6, 6.07) is 16.1. The van der Waals surface area contributed by atoms with Crippen LogP contribution in [0.15, 0.2) is 53.7 Å². The van der Waals surface area contributed by atoms with E-state index >= 15 is 0 Å². The summed E-state index contributed by atoms with van der Waals surface area (Å²) in [6.45, 7) is 31.1. The lowest BCUT2D eigenvalue weighted by atomic mass is 9.56. The summed E-state index contributed by atoms with van der Waals surface area (Å²) < 4.78 is 0. The molecule has 0 spiro atoms. The van der Waals surface area contributed by atoms with E-state index in [0.717, 1.165) is 86.8 Å². The number of aryl methyl sites for hydroxylation is 2. The van der Waals surface area contributed by atoms with E-state index in [1.54, 1.807) is 11.1 Å². The van der Waals surface area contributed by atoms with Gasteiger partial charge in [-0.15, -0.1) is 0 Å². The minimum atomic E-state index is 0.0983. The van der Waals surface area contributed by atoms with Crippen molar-refractivity contribution in [2.75, 3.05) is 49.1 Å². The molecule has 1 saturated heterocycles. The predicted molar refractivity (Wildman–Crippen MR) is 220 cm³/mol. The van der Waals surface area contributed by atoms with Crippen LogP contribution in [0.2, 0.25) is 0 Å². The molecule has 6 heteroatoms. The molecule has 3 aromatic rings.